The van der Waals surface area contributed by atoms with Crippen LogP contribution >= 0.6 is 0 Å². The summed E-state index contributed by atoms with van der Waals surface area (Å²) in [4.78, 5) is 38.4. The normalized spacial score (nSPS) is 16.1. The maximum absolute atomic E-state index is 13.1. The fourth-order valence-corrected chi connectivity index (χ4v) is 3.68. The number of benzene rings is 2. The van der Waals surface area contributed by atoms with Crippen LogP contribution in [0.5, 0.6) is 5.75 Å². The van der Waals surface area contributed by atoms with Gasteiger partial charge in [0, 0.05) is 19.9 Å². The number of rotatable bonds is 8. The molecule has 2 aromatic carbocycles. The zero-order chi connectivity index (χ0) is 21.7. The number of Topliss-reactive ketones (excluding diaryl/α,β-unsaturated/α-hetero) is 1. The van der Waals surface area contributed by atoms with Crippen molar-refractivity contribution < 1.29 is 24.2 Å². The van der Waals surface area contributed by atoms with Gasteiger partial charge in [-0.2, -0.15) is 0 Å². The molecular weight excluding hydrogens is 382 g/mol. The highest BCUT2D eigenvalue weighted by Gasteiger charge is 2.42. The van der Waals surface area contributed by atoms with Gasteiger partial charge in [0.2, 0.25) is 0 Å². The molecule has 0 saturated heterocycles. The maximum Gasteiger partial charge on any atom is 0.308 e. The van der Waals surface area contributed by atoms with Crippen molar-refractivity contribution in [1.29, 1.82) is 0 Å². The van der Waals surface area contributed by atoms with Crippen molar-refractivity contribution in [3.63, 3.8) is 0 Å². The van der Waals surface area contributed by atoms with E-state index in [-0.39, 0.29) is 17.8 Å². The van der Waals surface area contributed by atoms with E-state index in [4.69, 9.17) is 4.74 Å². The maximum atomic E-state index is 13.1. The van der Waals surface area contributed by atoms with Gasteiger partial charge in [-0.15, -0.1) is 0 Å². The standard InChI is InChI=1S/C24H25NO5/c1-3-15-25-22(18-10-12-19(13-11-18)30-16(2)26)21(23(28)24(25)29)20(27)14-9-17-7-5-4-6-8-17/h4-8,10-13,22,28H,3,9,14-15H2,1-2H3. The minimum Gasteiger partial charge on any atom is -0.503 e. The highest BCUT2D eigenvalue weighted by Crippen LogP contribution is 2.39. The van der Waals surface area contributed by atoms with Gasteiger partial charge < -0.3 is 14.7 Å². The van der Waals surface area contributed by atoms with E-state index >= 15 is 0 Å². The third kappa shape index (κ3) is 4.59. The minimum absolute atomic E-state index is 0.129. The number of ether oxygens (including phenoxy) is 1. The molecule has 1 aliphatic rings. The van der Waals surface area contributed by atoms with Gasteiger partial charge in [-0.3, -0.25) is 14.4 Å². The molecule has 0 aliphatic carbocycles. The first-order chi connectivity index (χ1) is 14.4. The van der Waals surface area contributed by atoms with Crippen LogP contribution in [0.1, 0.15) is 43.9 Å². The SMILES string of the molecule is CCCN1C(=O)C(O)=C(C(=O)CCc2ccccc2)C1c1ccc(OC(C)=O)cc1. The van der Waals surface area contributed by atoms with E-state index in [2.05, 4.69) is 0 Å². The number of aryl methyl sites for hydroxylation is 1. The van der Waals surface area contributed by atoms with Crippen LogP contribution in [-0.2, 0) is 20.8 Å². The number of esters is 1. The molecule has 1 aliphatic heterocycles. The number of hydrogen-bond donors (Lipinski definition) is 1. The van der Waals surface area contributed by atoms with Gasteiger partial charge in [0.25, 0.3) is 5.91 Å². The Hall–Kier alpha value is -3.41. The lowest BCUT2D eigenvalue weighted by Crippen LogP contribution is -2.31. The predicted molar refractivity (Wildman–Crippen MR) is 112 cm³/mol. The van der Waals surface area contributed by atoms with Gasteiger partial charge in [-0.1, -0.05) is 49.4 Å². The van der Waals surface area contributed by atoms with Crippen LogP contribution in [0.15, 0.2) is 65.9 Å². The average molecular weight is 407 g/mol. The Kier molecular flexibility index (Phi) is 6.67. The van der Waals surface area contributed by atoms with E-state index in [0.29, 0.717) is 30.7 Å². The predicted octanol–water partition coefficient (Wildman–Crippen LogP) is 3.92. The van der Waals surface area contributed by atoms with Gasteiger partial charge in [-0.05, 0) is 36.1 Å². The third-order valence-electron chi connectivity index (χ3n) is 5.01. The highest BCUT2D eigenvalue weighted by molar-refractivity contribution is 6.09. The van der Waals surface area contributed by atoms with Crippen LogP contribution in [-0.4, -0.2) is 34.2 Å². The van der Waals surface area contributed by atoms with E-state index in [1.807, 2.05) is 37.3 Å². The van der Waals surface area contributed by atoms with Crippen molar-refractivity contribution in [2.24, 2.45) is 0 Å². The van der Waals surface area contributed by atoms with Crippen molar-refractivity contribution in [2.75, 3.05) is 6.54 Å². The number of amides is 1. The summed E-state index contributed by atoms with van der Waals surface area (Å²) in [5, 5.41) is 10.5. The highest BCUT2D eigenvalue weighted by atomic mass is 16.5. The largest absolute Gasteiger partial charge is 0.503 e. The molecule has 3 rings (SSSR count). The summed E-state index contributed by atoms with van der Waals surface area (Å²) in [6.45, 7) is 3.66. The summed E-state index contributed by atoms with van der Waals surface area (Å²) in [6.07, 6.45) is 1.40. The summed E-state index contributed by atoms with van der Waals surface area (Å²) < 4.78 is 5.06. The van der Waals surface area contributed by atoms with E-state index in [0.717, 1.165) is 5.56 Å². The van der Waals surface area contributed by atoms with Crippen LogP contribution in [0.4, 0.5) is 0 Å². The first-order valence-electron chi connectivity index (χ1n) is 10.0. The fourth-order valence-electron chi connectivity index (χ4n) is 3.68. The van der Waals surface area contributed by atoms with Crippen molar-refractivity contribution >= 4 is 17.7 Å². The molecule has 0 aromatic heterocycles. The monoisotopic (exact) mass is 407 g/mol. The Balaban J connectivity index is 1.89. The van der Waals surface area contributed by atoms with Crippen LogP contribution in [0.3, 0.4) is 0 Å². The van der Waals surface area contributed by atoms with Crippen LogP contribution < -0.4 is 4.74 Å². The van der Waals surface area contributed by atoms with Gasteiger partial charge in [0.15, 0.2) is 11.5 Å². The average Bonchev–Trinajstić information content (AvgIpc) is 2.98. The number of nitrogens with zero attached hydrogens (tertiary/aromatic N) is 1. The van der Waals surface area contributed by atoms with Crippen LogP contribution in [0, 0.1) is 0 Å². The number of carbonyl (C=O) groups excluding carboxylic acids is 3. The number of hydrogen-bond acceptors (Lipinski definition) is 5. The lowest BCUT2D eigenvalue weighted by atomic mass is 9.93. The molecule has 0 radical (unpaired) electrons. The van der Waals surface area contributed by atoms with Crippen molar-refractivity contribution in [1.82, 2.24) is 4.90 Å². The molecule has 0 saturated carbocycles. The van der Waals surface area contributed by atoms with E-state index in [1.165, 1.54) is 11.8 Å². The molecule has 1 atom stereocenters. The van der Waals surface area contributed by atoms with Crippen LogP contribution in [0.25, 0.3) is 0 Å². The third-order valence-corrected chi connectivity index (χ3v) is 5.01. The molecule has 0 spiro atoms. The Morgan fingerprint density at radius 3 is 2.33 bits per heavy atom. The molecule has 1 heterocycles. The summed E-state index contributed by atoms with van der Waals surface area (Å²) >= 11 is 0. The molecule has 1 N–H and O–H groups in total. The second kappa shape index (κ2) is 9.39. The molecule has 0 bridgehead atoms. The topological polar surface area (TPSA) is 83.9 Å². The van der Waals surface area contributed by atoms with E-state index < -0.39 is 23.7 Å². The minimum atomic E-state index is -0.660. The summed E-state index contributed by atoms with van der Waals surface area (Å²) in [5.74, 6) is -1.31. The van der Waals surface area contributed by atoms with E-state index in [9.17, 15) is 19.5 Å². The number of carbonyl (C=O) groups is 3. The molecule has 1 amide bonds. The lowest BCUT2D eigenvalue weighted by Gasteiger charge is -2.26. The fraction of sp³-hybridized carbons (Fsp3) is 0.292. The first-order valence-corrected chi connectivity index (χ1v) is 10.0. The molecule has 1 unspecified atom stereocenters. The summed E-state index contributed by atoms with van der Waals surface area (Å²) in [7, 11) is 0. The Labute approximate surface area is 175 Å². The Bertz CT molecular complexity index is 963. The second-order valence-corrected chi connectivity index (χ2v) is 7.23. The van der Waals surface area contributed by atoms with Gasteiger partial charge in [0.1, 0.15) is 5.75 Å². The zero-order valence-corrected chi connectivity index (χ0v) is 17.1. The molecule has 6 heteroatoms. The molecule has 30 heavy (non-hydrogen) atoms. The molecule has 0 fully saturated rings. The zero-order valence-electron chi connectivity index (χ0n) is 17.1. The van der Waals surface area contributed by atoms with Crippen molar-refractivity contribution in [3.05, 3.63) is 77.1 Å². The van der Waals surface area contributed by atoms with Crippen molar-refractivity contribution in [2.45, 2.75) is 39.2 Å². The lowest BCUT2D eigenvalue weighted by molar-refractivity contribution is -0.132. The Morgan fingerprint density at radius 2 is 1.73 bits per heavy atom. The van der Waals surface area contributed by atoms with Crippen LogP contribution in [0.2, 0.25) is 0 Å². The molecule has 2 aromatic rings. The van der Waals surface area contributed by atoms with Gasteiger partial charge in [0.05, 0.1) is 11.6 Å². The van der Waals surface area contributed by atoms with Gasteiger partial charge >= 0.3 is 5.97 Å². The van der Waals surface area contributed by atoms with Crippen molar-refractivity contribution in [3.8, 4) is 5.75 Å². The van der Waals surface area contributed by atoms with E-state index in [1.54, 1.807) is 24.3 Å². The number of aliphatic hydroxyl groups is 1. The summed E-state index contributed by atoms with van der Waals surface area (Å²) in [6, 6.07) is 15.6. The molecule has 156 valence electrons. The Morgan fingerprint density at radius 1 is 1.07 bits per heavy atom. The summed E-state index contributed by atoms with van der Waals surface area (Å²) in [5.41, 5.74) is 1.83. The number of aliphatic hydroxyl groups excluding tert-OH is 1. The van der Waals surface area contributed by atoms with Gasteiger partial charge in [-0.25, -0.2) is 0 Å². The molecule has 6 nitrogen and oxygen atoms in total. The first kappa shape index (κ1) is 21.3. The quantitative estimate of drug-likeness (QED) is 0.530. The second-order valence-electron chi connectivity index (χ2n) is 7.23. The number of ketones is 1. The molecular formula is C24H25NO5. The smallest absolute Gasteiger partial charge is 0.308 e.